The molecule has 0 aliphatic carbocycles. The lowest BCUT2D eigenvalue weighted by Gasteiger charge is -2.10. The Morgan fingerprint density at radius 3 is 2.60 bits per heavy atom. The third-order valence-corrected chi connectivity index (χ3v) is 3.63. The van der Waals surface area contributed by atoms with Gasteiger partial charge < -0.3 is 5.11 Å². The van der Waals surface area contributed by atoms with Crippen molar-refractivity contribution in [3.63, 3.8) is 0 Å². The van der Waals surface area contributed by atoms with Crippen molar-refractivity contribution < 1.29 is 9.90 Å². The van der Waals surface area contributed by atoms with E-state index >= 15 is 0 Å². The first-order chi connectivity index (χ1) is 9.56. The van der Waals surface area contributed by atoms with Gasteiger partial charge in [0.05, 0.1) is 0 Å². The Labute approximate surface area is 117 Å². The van der Waals surface area contributed by atoms with Crippen LogP contribution in [0.15, 0.2) is 44.9 Å². The number of nitrogens with zero attached hydrogens (tertiary/aromatic N) is 1. The lowest BCUT2D eigenvalue weighted by Crippen LogP contribution is -2.27. The topological polar surface area (TPSA) is 116 Å². The van der Waals surface area contributed by atoms with Crippen molar-refractivity contribution in [2.24, 2.45) is 0 Å². The highest BCUT2D eigenvalue weighted by molar-refractivity contribution is 8.00. The van der Waals surface area contributed by atoms with E-state index in [0.29, 0.717) is 0 Å². The highest BCUT2D eigenvalue weighted by Gasteiger charge is 2.22. The van der Waals surface area contributed by atoms with Crippen LogP contribution in [0.25, 0.3) is 0 Å². The predicted octanol–water partition coefficient (Wildman–Crippen LogP) is 0.246. The number of rotatable bonds is 5. The zero-order valence-corrected chi connectivity index (χ0v) is 11.0. The number of aliphatic carboxylic acids is 1. The van der Waals surface area contributed by atoms with E-state index in [1.807, 2.05) is 23.2 Å². The van der Waals surface area contributed by atoms with Crippen molar-refractivity contribution in [1.82, 2.24) is 15.2 Å². The molecule has 1 unspecified atom stereocenters. The van der Waals surface area contributed by atoms with Gasteiger partial charge >= 0.3 is 11.7 Å². The fourth-order valence-corrected chi connectivity index (χ4v) is 2.46. The number of thioether (sulfide) groups is 1. The van der Waals surface area contributed by atoms with E-state index in [0.717, 1.165) is 17.3 Å². The highest BCUT2D eigenvalue weighted by atomic mass is 32.2. The summed E-state index contributed by atoms with van der Waals surface area (Å²) in [5, 5.41) is 13.9. The van der Waals surface area contributed by atoms with Crippen molar-refractivity contribution in [3.05, 3.63) is 56.7 Å². The van der Waals surface area contributed by atoms with Crippen molar-refractivity contribution in [1.29, 1.82) is 0 Å². The first-order valence-electron chi connectivity index (χ1n) is 5.68. The van der Waals surface area contributed by atoms with Crippen molar-refractivity contribution in [2.45, 2.75) is 16.7 Å². The van der Waals surface area contributed by atoms with Crippen LogP contribution >= 0.6 is 11.8 Å². The minimum atomic E-state index is -1.05. The second-order valence-electron chi connectivity index (χ2n) is 3.95. The number of aromatic amines is 2. The molecule has 0 aliphatic heterocycles. The van der Waals surface area contributed by atoms with Gasteiger partial charge in [0, 0.05) is 0 Å². The molecule has 0 spiro atoms. The van der Waals surface area contributed by atoms with Gasteiger partial charge in [0.1, 0.15) is 5.25 Å². The third kappa shape index (κ3) is 3.58. The normalized spacial score (nSPS) is 12.0. The first kappa shape index (κ1) is 14.1. The molecule has 7 nitrogen and oxygen atoms in total. The zero-order chi connectivity index (χ0) is 14.5. The van der Waals surface area contributed by atoms with E-state index in [2.05, 4.69) is 10.2 Å². The number of hydrogen-bond donors (Lipinski definition) is 3. The fraction of sp³-hybridized carbons (Fsp3) is 0.167. The van der Waals surface area contributed by atoms with E-state index in [1.54, 1.807) is 12.1 Å². The summed E-state index contributed by atoms with van der Waals surface area (Å²) in [6, 6.07) is 9.07. The molecular formula is C12H11N3O4S. The van der Waals surface area contributed by atoms with Gasteiger partial charge in [-0.2, -0.15) is 5.10 Å². The van der Waals surface area contributed by atoms with Gasteiger partial charge in [-0.3, -0.25) is 14.6 Å². The number of hydrogen-bond acceptors (Lipinski definition) is 5. The summed E-state index contributed by atoms with van der Waals surface area (Å²) in [4.78, 5) is 35.6. The summed E-state index contributed by atoms with van der Waals surface area (Å²) in [6.07, 6.45) is 0.251. The molecule has 8 heteroatoms. The molecule has 3 N–H and O–H groups in total. The number of carboxylic acid groups (broad SMARTS) is 1. The van der Waals surface area contributed by atoms with E-state index in [-0.39, 0.29) is 11.4 Å². The third-order valence-electron chi connectivity index (χ3n) is 2.47. The van der Waals surface area contributed by atoms with Crippen LogP contribution in [0.3, 0.4) is 0 Å². The average Bonchev–Trinajstić information content (AvgIpc) is 2.42. The Morgan fingerprint density at radius 2 is 2.00 bits per heavy atom. The molecule has 0 saturated carbocycles. The fourth-order valence-electron chi connectivity index (χ4n) is 1.56. The molecule has 0 bridgehead atoms. The van der Waals surface area contributed by atoms with E-state index in [9.17, 15) is 19.5 Å². The Bertz CT molecular complexity index is 710. The van der Waals surface area contributed by atoms with E-state index in [4.69, 9.17) is 0 Å². The zero-order valence-electron chi connectivity index (χ0n) is 10.2. The molecule has 0 saturated heterocycles. The molecule has 2 rings (SSSR count). The molecule has 0 radical (unpaired) electrons. The van der Waals surface area contributed by atoms with Gasteiger partial charge in [-0.1, -0.05) is 42.1 Å². The van der Waals surface area contributed by atoms with Gasteiger partial charge in [-0.25, -0.2) is 9.89 Å². The van der Waals surface area contributed by atoms with Crippen LogP contribution in [0.2, 0.25) is 0 Å². The van der Waals surface area contributed by atoms with Gasteiger partial charge in [0.15, 0.2) is 5.03 Å². The Kier molecular flexibility index (Phi) is 4.36. The monoisotopic (exact) mass is 293 g/mol. The number of carboxylic acids is 1. The highest BCUT2D eigenvalue weighted by Crippen LogP contribution is 2.21. The maximum atomic E-state index is 11.5. The standard InChI is InChI=1S/C12H11N3O4S/c16-9-10(14-15-12(19)13-9)20-8(11(17)18)6-7-4-2-1-3-5-7/h1-5,8H,6H2,(H,17,18)(H2,13,15,16,19). The predicted molar refractivity (Wildman–Crippen MR) is 72.9 cm³/mol. The van der Waals surface area contributed by atoms with Gasteiger partial charge in [0.25, 0.3) is 5.56 Å². The van der Waals surface area contributed by atoms with Crippen LogP contribution < -0.4 is 11.2 Å². The first-order valence-corrected chi connectivity index (χ1v) is 6.56. The molecule has 1 aromatic heterocycles. The smallest absolute Gasteiger partial charge is 0.342 e. The van der Waals surface area contributed by atoms with Gasteiger partial charge in [-0.15, -0.1) is 0 Å². The number of benzene rings is 1. The molecule has 0 amide bonds. The molecule has 2 aromatic rings. The summed E-state index contributed by atoms with van der Waals surface area (Å²) in [6.45, 7) is 0. The van der Waals surface area contributed by atoms with Crippen LogP contribution in [0.5, 0.6) is 0 Å². The SMILES string of the molecule is O=C(O)C(Cc1ccccc1)Sc1n[nH]c(=O)[nH]c1=O. The number of carbonyl (C=O) groups is 1. The van der Waals surface area contributed by atoms with Crippen molar-refractivity contribution in [2.75, 3.05) is 0 Å². The van der Waals surface area contributed by atoms with Crippen LogP contribution in [0.4, 0.5) is 0 Å². The minimum Gasteiger partial charge on any atom is -0.480 e. The molecule has 1 aromatic carbocycles. The van der Waals surface area contributed by atoms with Crippen LogP contribution in [0, 0.1) is 0 Å². The summed E-state index contributed by atoms with van der Waals surface area (Å²) in [7, 11) is 0. The second-order valence-corrected chi connectivity index (χ2v) is 5.14. The maximum absolute atomic E-state index is 11.5. The lowest BCUT2D eigenvalue weighted by atomic mass is 10.1. The largest absolute Gasteiger partial charge is 0.480 e. The van der Waals surface area contributed by atoms with Crippen LogP contribution in [-0.4, -0.2) is 31.5 Å². The molecule has 0 aliphatic rings. The molecule has 0 fully saturated rings. The van der Waals surface area contributed by atoms with Gasteiger partial charge in [0.2, 0.25) is 0 Å². The van der Waals surface area contributed by atoms with Crippen molar-refractivity contribution in [3.8, 4) is 0 Å². The quantitative estimate of drug-likeness (QED) is 0.680. The van der Waals surface area contributed by atoms with E-state index < -0.39 is 22.5 Å². The number of nitrogens with one attached hydrogen (secondary N) is 2. The number of H-pyrrole nitrogens is 2. The molecule has 1 atom stereocenters. The molecule has 20 heavy (non-hydrogen) atoms. The molecule has 1 heterocycles. The molecule has 104 valence electrons. The average molecular weight is 293 g/mol. The summed E-state index contributed by atoms with van der Waals surface area (Å²) >= 11 is 0.802. The second kappa shape index (κ2) is 6.20. The van der Waals surface area contributed by atoms with Crippen LogP contribution in [0.1, 0.15) is 5.56 Å². The number of aromatic nitrogens is 3. The van der Waals surface area contributed by atoms with Crippen molar-refractivity contribution >= 4 is 17.7 Å². The van der Waals surface area contributed by atoms with Gasteiger partial charge in [-0.05, 0) is 12.0 Å². The lowest BCUT2D eigenvalue weighted by molar-refractivity contribution is -0.136. The summed E-state index contributed by atoms with van der Waals surface area (Å²) < 4.78 is 0. The molecular weight excluding hydrogens is 282 g/mol. The Balaban J connectivity index is 2.20. The van der Waals surface area contributed by atoms with E-state index in [1.165, 1.54) is 0 Å². The summed E-state index contributed by atoms with van der Waals surface area (Å²) in [5.74, 6) is -1.05. The Hall–Kier alpha value is -2.35. The minimum absolute atomic E-state index is 0.0760. The maximum Gasteiger partial charge on any atom is 0.342 e. The van der Waals surface area contributed by atoms with Crippen LogP contribution in [-0.2, 0) is 11.2 Å². The summed E-state index contributed by atoms with van der Waals surface area (Å²) in [5.41, 5.74) is -0.583. The Morgan fingerprint density at radius 1 is 1.30 bits per heavy atom.